The van der Waals surface area contributed by atoms with Gasteiger partial charge in [-0.25, -0.2) is 14.6 Å². The molecule has 0 saturated heterocycles. The molecule has 8 heteroatoms. The Hall–Kier alpha value is -1.17. The molecule has 0 aromatic carbocycles. The zero-order chi connectivity index (χ0) is 14.5. The highest BCUT2D eigenvalue weighted by molar-refractivity contribution is 7.52. The normalized spacial score (nSPS) is 13.9. The Bertz CT molecular complexity index is 457. The highest BCUT2D eigenvalue weighted by atomic mass is 31.2. The number of nitrogens with one attached hydrogen (secondary N) is 1. The van der Waals surface area contributed by atoms with Crippen LogP contribution in [0.5, 0.6) is 5.88 Å². The molecule has 0 aliphatic rings. The predicted molar refractivity (Wildman–Crippen MR) is 74.6 cm³/mol. The second-order valence-electron chi connectivity index (χ2n) is 3.81. The van der Waals surface area contributed by atoms with Crippen molar-refractivity contribution in [2.75, 3.05) is 32.1 Å². The molecule has 0 saturated carbocycles. The van der Waals surface area contributed by atoms with E-state index in [4.69, 9.17) is 9.05 Å². The average molecular weight is 288 g/mol. The fraction of sp³-hybridized carbons (Fsp3) is 0.636. The van der Waals surface area contributed by atoms with Gasteiger partial charge in [0.15, 0.2) is 0 Å². The molecule has 0 bridgehead atoms. The van der Waals surface area contributed by atoms with E-state index in [2.05, 4.69) is 15.1 Å². The highest BCUT2D eigenvalue weighted by Gasteiger charge is 2.23. The van der Waals surface area contributed by atoms with Crippen LogP contribution in [0.25, 0.3) is 0 Å². The lowest BCUT2D eigenvalue weighted by Crippen LogP contribution is -2.24. The summed E-state index contributed by atoms with van der Waals surface area (Å²) in [4.78, 5) is 10.6. The van der Waals surface area contributed by atoms with Gasteiger partial charge >= 0.3 is 7.75 Å². The molecule has 0 spiro atoms. The van der Waals surface area contributed by atoms with E-state index in [9.17, 15) is 4.57 Å². The second kappa shape index (κ2) is 6.84. The van der Waals surface area contributed by atoms with E-state index in [0.29, 0.717) is 5.95 Å². The molecule has 1 heterocycles. The Labute approximate surface area is 113 Å². The van der Waals surface area contributed by atoms with E-state index in [1.165, 1.54) is 14.2 Å². The minimum absolute atomic E-state index is 0.230. The molecule has 108 valence electrons. The average Bonchev–Trinajstić information content (AvgIpc) is 2.39. The van der Waals surface area contributed by atoms with Crippen LogP contribution in [0.15, 0.2) is 6.07 Å². The van der Waals surface area contributed by atoms with Crippen molar-refractivity contribution in [1.82, 2.24) is 15.1 Å². The van der Waals surface area contributed by atoms with Crippen molar-refractivity contribution in [2.24, 2.45) is 0 Å². The first-order valence-electron chi connectivity index (χ1n) is 6.13. The summed E-state index contributed by atoms with van der Waals surface area (Å²) in [6, 6.07) is 1.62. The maximum atomic E-state index is 12.0. The van der Waals surface area contributed by atoms with E-state index >= 15 is 0 Å². The molecule has 0 aliphatic carbocycles. The molecule has 1 aromatic rings. The van der Waals surface area contributed by atoms with Gasteiger partial charge < -0.3 is 9.42 Å². The van der Waals surface area contributed by atoms with Crippen molar-refractivity contribution >= 4 is 13.7 Å². The summed E-state index contributed by atoms with van der Waals surface area (Å²) < 4.78 is 22.2. The van der Waals surface area contributed by atoms with Crippen LogP contribution in [0.4, 0.5) is 5.95 Å². The molecule has 19 heavy (non-hydrogen) atoms. The molecule has 0 fully saturated rings. The van der Waals surface area contributed by atoms with Crippen LogP contribution in [0.2, 0.25) is 0 Å². The lowest BCUT2D eigenvalue weighted by molar-refractivity contribution is 0.309. The summed E-state index contributed by atoms with van der Waals surface area (Å²) in [7, 11) is -0.529. The molecule has 1 N–H and O–H groups in total. The van der Waals surface area contributed by atoms with Crippen LogP contribution in [0.3, 0.4) is 0 Å². The first-order chi connectivity index (χ1) is 8.97. The number of rotatable bonds is 7. The van der Waals surface area contributed by atoms with Gasteiger partial charge in [-0.15, -0.1) is 0 Å². The van der Waals surface area contributed by atoms with Crippen LogP contribution in [0.1, 0.15) is 19.5 Å². The van der Waals surface area contributed by atoms with Crippen LogP contribution in [-0.4, -0.2) is 37.2 Å². The lowest BCUT2D eigenvalue weighted by atomic mass is 10.4. The number of aromatic nitrogens is 2. The standard InChI is InChI=1S/C11H21N4O3P/c1-6-15(7-2)11-13-9(3)8-10(14-11)18-19(16,12-4)17-5/h8H,6-7H2,1-5H3,(H,12,16). The van der Waals surface area contributed by atoms with Crippen molar-refractivity contribution in [3.05, 3.63) is 11.8 Å². The summed E-state index contributed by atoms with van der Waals surface area (Å²) in [6.07, 6.45) is 0. The molecule has 0 radical (unpaired) electrons. The summed E-state index contributed by atoms with van der Waals surface area (Å²) >= 11 is 0. The minimum Gasteiger partial charge on any atom is -0.395 e. The number of hydrogen-bond acceptors (Lipinski definition) is 6. The maximum Gasteiger partial charge on any atom is 0.459 e. The van der Waals surface area contributed by atoms with E-state index in [0.717, 1.165) is 18.8 Å². The van der Waals surface area contributed by atoms with E-state index < -0.39 is 7.75 Å². The largest absolute Gasteiger partial charge is 0.459 e. The molecule has 7 nitrogen and oxygen atoms in total. The molecular formula is C11H21N4O3P. The van der Waals surface area contributed by atoms with Crippen molar-refractivity contribution in [1.29, 1.82) is 0 Å². The third-order valence-electron chi connectivity index (χ3n) is 2.59. The summed E-state index contributed by atoms with van der Waals surface area (Å²) in [5.41, 5.74) is 0.741. The van der Waals surface area contributed by atoms with Gasteiger partial charge in [-0.05, 0) is 27.8 Å². The Morgan fingerprint density at radius 2 is 2.00 bits per heavy atom. The highest BCUT2D eigenvalue weighted by Crippen LogP contribution is 2.42. The van der Waals surface area contributed by atoms with Crippen LogP contribution in [-0.2, 0) is 9.09 Å². The van der Waals surface area contributed by atoms with Gasteiger partial charge in [0, 0.05) is 32.0 Å². The SMILES string of the molecule is CCN(CC)c1nc(C)cc(OP(=O)(NC)OC)n1. The first-order valence-corrected chi connectivity index (χ1v) is 7.67. The monoisotopic (exact) mass is 288 g/mol. The van der Waals surface area contributed by atoms with Gasteiger partial charge in [0.05, 0.1) is 0 Å². The van der Waals surface area contributed by atoms with Gasteiger partial charge in [-0.1, -0.05) is 0 Å². The Balaban J connectivity index is 3.06. The van der Waals surface area contributed by atoms with Gasteiger partial charge in [0.2, 0.25) is 11.8 Å². The molecule has 1 atom stereocenters. The Kier molecular flexibility index (Phi) is 5.72. The summed E-state index contributed by atoms with van der Waals surface area (Å²) in [6.45, 7) is 7.44. The van der Waals surface area contributed by atoms with Gasteiger partial charge in [-0.2, -0.15) is 4.98 Å². The predicted octanol–water partition coefficient (Wildman–Crippen LogP) is 1.98. The van der Waals surface area contributed by atoms with Gasteiger partial charge in [0.1, 0.15) is 0 Å². The lowest BCUT2D eigenvalue weighted by Gasteiger charge is -2.20. The smallest absolute Gasteiger partial charge is 0.395 e. The first kappa shape index (κ1) is 15.9. The number of nitrogens with zero attached hydrogens (tertiary/aromatic N) is 3. The van der Waals surface area contributed by atoms with Crippen LogP contribution < -0.4 is 14.5 Å². The quantitative estimate of drug-likeness (QED) is 0.769. The van der Waals surface area contributed by atoms with E-state index in [1.807, 2.05) is 25.7 Å². The van der Waals surface area contributed by atoms with Crippen molar-refractivity contribution < 1.29 is 13.6 Å². The molecule has 1 unspecified atom stereocenters. The Morgan fingerprint density at radius 3 is 2.47 bits per heavy atom. The zero-order valence-corrected chi connectivity index (χ0v) is 12.9. The fourth-order valence-electron chi connectivity index (χ4n) is 1.52. The number of hydrogen-bond donors (Lipinski definition) is 1. The molecule has 1 rings (SSSR count). The molecular weight excluding hydrogens is 267 g/mol. The van der Waals surface area contributed by atoms with Crippen molar-refractivity contribution in [3.8, 4) is 5.88 Å². The minimum atomic E-state index is -3.35. The van der Waals surface area contributed by atoms with Gasteiger partial charge in [-0.3, -0.25) is 4.52 Å². The van der Waals surface area contributed by atoms with E-state index in [1.54, 1.807) is 6.07 Å². The second-order valence-corrected chi connectivity index (χ2v) is 5.80. The fourth-order valence-corrected chi connectivity index (χ4v) is 2.20. The van der Waals surface area contributed by atoms with E-state index in [-0.39, 0.29) is 5.88 Å². The van der Waals surface area contributed by atoms with Crippen molar-refractivity contribution in [3.63, 3.8) is 0 Å². The Morgan fingerprint density at radius 1 is 1.37 bits per heavy atom. The molecule has 1 aromatic heterocycles. The molecule has 0 amide bonds. The molecule has 0 aliphatic heterocycles. The summed E-state index contributed by atoms with van der Waals surface area (Å²) in [5.74, 6) is 0.785. The van der Waals surface area contributed by atoms with Crippen LogP contribution >= 0.6 is 7.75 Å². The van der Waals surface area contributed by atoms with Gasteiger partial charge in [0.25, 0.3) is 0 Å². The topological polar surface area (TPSA) is 76.6 Å². The summed E-state index contributed by atoms with van der Waals surface area (Å²) in [5, 5.41) is 2.51. The third-order valence-corrected chi connectivity index (χ3v) is 4.05. The van der Waals surface area contributed by atoms with Crippen molar-refractivity contribution in [2.45, 2.75) is 20.8 Å². The third kappa shape index (κ3) is 4.16. The zero-order valence-electron chi connectivity index (χ0n) is 12.0. The number of aryl methyl sites for hydroxylation is 1. The maximum absolute atomic E-state index is 12.0. The van der Waals surface area contributed by atoms with Crippen LogP contribution in [0, 0.1) is 6.92 Å². The number of anilines is 1.